The van der Waals surface area contributed by atoms with Crippen molar-refractivity contribution < 1.29 is 57.1 Å². The Balaban J connectivity index is 0.000000574. The molecule has 2 aromatic rings. The van der Waals surface area contributed by atoms with Crippen LogP contribution >= 0.6 is 34.8 Å². The minimum atomic E-state index is -0.635. The summed E-state index contributed by atoms with van der Waals surface area (Å²) in [4.78, 5) is 54.8. The molecule has 2 aromatic carbocycles. The van der Waals surface area contributed by atoms with Crippen LogP contribution < -0.4 is 24.3 Å². The third-order valence-corrected chi connectivity index (χ3v) is 11.2. The van der Waals surface area contributed by atoms with Crippen LogP contribution in [0.15, 0.2) is 24.3 Å². The summed E-state index contributed by atoms with van der Waals surface area (Å²) < 4.78 is 42.8. The van der Waals surface area contributed by atoms with Crippen LogP contribution in [0.1, 0.15) is 136 Å². The third-order valence-electron chi connectivity index (χ3n) is 10.3. The van der Waals surface area contributed by atoms with Crippen molar-refractivity contribution in [1.82, 2.24) is 20.0 Å². The maximum atomic E-state index is 13.7. The van der Waals surface area contributed by atoms with Gasteiger partial charge < -0.3 is 57.9 Å². The lowest BCUT2D eigenvalue weighted by Gasteiger charge is -2.41. The molecule has 2 atom stereocenters. The van der Waals surface area contributed by atoms with Crippen LogP contribution in [0.2, 0.25) is 10.0 Å². The zero-order valence-corrected chi connectivity index (χ0v) is 45.7. The van der Waals surface area contributed by atoms with E-state index in [9.17, 15) is 19.2 Å². The largest absolute Gasteiger partial charge is 0.493 e. The number of amides is 3. The molecular formula is C51H83Cl3N4O12. The molecule has 0 saturated carbocycles. The fourth-order valence-electron chi connectivity index (χ4n) is 7.41. The number of halogens is 3. The minimum absolute atomic E-state index is 0. The number of hydrogen-bond acceptors (Lipinski definition) is 13. The number of likely N-dealkylation sites (tertiary alicyclic amines) is 2. The summed E-state index contributed by atoms with van der Waals surface area (Å²) in [6, 6.07) is 6.83. The number of methoxy groups -OCH3 is 4. The van der Waals surface area contributed by atoms with Gasteiger partial charge in [-0.05, 0) is 105 Å². The molecule has 400 valence electrons. The second-order valence-electron chi connectivity index (χ2n) is 19.2. The lowest BCUT2D eigenvalue weighted by molar-refractivity contribution is 0.00749. The standard InChI is InChI=1S/C25H39ClN2O6.C13H26N2O2.C12H14Cl2O4.CH4/c1-17(2)28(18-10-8-11-27(16-18)24(30)34-25(3,4)5)23(29)19-14-22(33-13-9-12-31-6)21(32-7)15-20(19)26;1-10(2)14-11-7-6-8-15(9-11)12(16)17-13(3,4)5;1-16-4-3-5-18-11-6-8(12(14)15)9(13)7-10(11)17-2;/h14-15,17-18H,8-13,16H2,1-7H3;10-11,14H,6-9H2,1-5H3;6-7H,3-5H2,1-2H3;1H4/t18-;11-;;/m11../s1. The first-order valence-electron chi connectivity index (χ1n) is 23.6. The van der Waals surface area contributed by atoms with Gasteiger partial charge >= 0.3 is 12.2 Å². The van der Waals surface area contributed by atoms with Crippen LogP contribution in [-0.2, 0) is 18.9 Å². The van der Waals surface area contributed by atoms with Crippen LogP contribution in [0.5, 0.6) is 23.0 Å². The second kappa shape index (κ2) is 31.5. The molecular weight excluding hydrogens is 967 g/mol. The van der Waals surface area contributed by atoms with Gasteiger partial charge in [0.05, 0.1) is 54.6 Å². The van der Waals surface area contributed by atoms with Crippen molar-refractivity contribution in [2.45, 2.75) is 151 Å². The van der Waals surface area contributed by atoms with E-state index in [4.69, 9.17) is 72.7 Å². The molecule has 0 unspecified atom stereocenters. The van der Waals surface area contributed by atoms with Gasteiger partial charge in [0.2, 0.25) is 0 Å². The Morgan fingerprint density at radius 1 is 0.671 bits per heavy atom. The SMILES string of the molecule is C.CC(C)N[C@@H]1CCCN(C(=O)OC(C)(C)C)C1.COCCCOc1cc(C(=O)Cl)c(Cl)cc1OC.COCCCOc1cc(C(=O)N(C(C)C)[C@@H]2CCCN(C(=O)OC(C)(C)C)C2)c(Cl)cc1OC. The monoisotopic (exact) mass is 1050 g/mol. The van der Waals surface area contributed by atoms with Gasteiger partial charge in [-0.3, -0.25) is 9.59 Å². The van der Waals surface area contributed by atoms with Crippen LogP contribution in [0, 0.1) is 0 Å². The number of piperidine rings is 2. The normalized spacial score (nSPS) is 15.9. The van der Waals surface area contributed by atoms with E-state index in [1.807, 2.05) is 60.3 Å². The smallest absolute Gasteiger partial charge is 0.410 e. The van der Waals surface area contributed by atoms with E-state index in [0.717, 1.165) is 45.2 Å². The quantitative estimate of drug-likeness (QED) is 0.111. The van der Waals surface area contributed by atoms with Crippen molar-refractivity contribution >= 4 is 58.1 Å². The number of nitrogens with one attached hydrogen (secondary N) is 1. The molecule has 0 radical (unpaired) electrons. The first kappa shape index (κ1) is 64.1. The van der Waals surface area contributed by atoms with E-state index in [-0.39, 0.29) is 53.2 Å². The summed E-state index contributed by atoms with van der Waals surface area (Å²) in [5.74, 6) is 1.60. The van der Waals surface area contributed by atoms with Gasteiger partial charge in [-0.15, -0.1) is 0 Å². The Bertz CT molecular complexity index is 1920. The molecule has 3 amide bonds. The van der Waals surface area contributed by atoms with E-state index in [2.05, 4.69) is 19.2 Å². The Morgan fingerprint density at radius 3 is 1.53 bits per heavy atom. The predicted molar refractivity (Wildman–Crippen MR) is 278 cm³/mol. The molecule has 0 aromatic heterocycles. The topological polar surface area (TPSA) is 164 Å². The molecule has 0 aliphatic carbocycles. The van der Waals surface area contributed by atoms with Crippen LogP contribution in [0.3, 0.4) is 0 Å². The fraction of sp³-hybridized carbons (Fsp3) is 0.686. The van der Waals surface area contributed by atoms with Crippen molar-refractivity contribution in [1.29, 1.82) is 0 Å². The molecule has 2 fully saturated rings. The summed E-state index contributed by atoms with van der Waals surface area (Å²) in [5, 5.41) is 3.37. The van der Waals surface area contributed by atoms with Crippen molar-refractivity contribution in [2.24, 2.45) is 0 Å². The van der Waals surface area contributed by atoms with Gasteiger partial charge in [-0.25, -0.2) is 9.59 Å². The van der Waals surface area contributed by atoms with Gasteiger partial charge in [-0.1, -0.05) is 44.5 Å². The summed E-state index contributed by atoms with van der Waals surface area (Å²) in [6.45, 7) is 24.0. The summed E-state index contributed by atoms with van der Waals surface area (Å²) in [6.07, 6.45) is 4.64. The maximum Gasteiger partial charge on any atom is 0.410 e. The number of hydrogen-bond donors (Lipinski definition) is 1. The number of carbonyl (C=O) groups excluding carboxylic acids is 4. The highest BCUT2D eigenvalue weighted by Crippen LogP contribution is 2.36. The summed E-state index contributed by atoms with van der Waals surface area (Å²) in [7, 11) is 6.28. The molecule has 0 spiro atoms. The zero-order chi connectivity index (χ0) is 52.1. The average Bonchev–Trinajstić information content (AvgIpc) is 3.26. The highest BCUT2D eigenvalue weighted by Gasteiger charge is 2.35. The van der Waals surface area contributed by atoms with E-state index in [1.165, 1.54) is 26.4 Å². The van der Waals surface area contributed by atoms with E-state index in [1.54, 1.807) is 36.2 Å². The fourth-order valence-corrected chi connectivity index (χ4v) is 8.09. The van der Waals surface area contributed by atoms with Gasteiger partial charge in [0.15, 0.2) is 23.0 Å². The van der Waals surface area contributed by atoms with Crippen molar-refractivity contribution in [3.8, 4) is 23.0 Å². The van der Waals surface area contributed by atoms with Gasteiger partial charge in [0.1, 0.15) is 11.2 Å². The highest BCUT2D eigenvalue weighted by atomic mass is 35.5. The third kappa shape index (κ3) is 22.7. The average molecular weight is 1050 g/mol. The lowest BCUT2D eigenvalue weighted by atomic mass is 10.0. The summed E-state index contributed by atoms with van der Waals surface area (Å²) in [5.41, 5.74) is -0.447. The highest BCUT2D eigenvalue weighted by molar-refractivity contribution is 6.68. The van der Waals surface area contributed by atoms with E-state index in [0.29, 0.717) is 86.6 Å². The van der Waals surface area contributed by atoms with E-state index < -0.39 is 16.4 Å². The predicted octanol–water partition coefficient (Wildman–Crippen LogP) is 11.2. The van der Waals surface area contributed by atoms with Gasteiger partial charge in [0.25, 0.3) is 11.1 Å². The molecule has 1 N–H and O–H groups in total. The molecule has 70 heavy (non-hydrogen) atoms. The Hall–Kier alpha value is -3.93. The number of benzene rings is 2. The Labute approximate surface area is 433 Å². The molecule has 2 saturated heterocycles. The van der Waals surface area contributed by atoms with Gasteiger partial charge in [-0.2, -0.15) is 0 Å². The van der Waals surface area contributed by atoms with Gasteiger partial charge in [0, 0.05) is 96.7 Å². The zero-order valence-electron chi connectivity index (χ0n) is 43.4. The molecule has 4 rings (SSSR count). The number of rotatable bonds is 18. The molecule has 19 heteroatoms. The Kier molecular flexibility index (Phi) is 28.8. The van der Waals surface area contributed by atoms with Crippen molar-refractivity contribution in [3.63, 3.8) is 0 Å². The van der Waals surface area contributed by atoms with Crippen molar-refractivity contribution in [2.75, 3.05) is 81.0 Å². The molecule has 0 bridgehead atoms. The minimum Gasteiger partial charge on any atom is -0.493 e. The molecule has 2 aliphatic heterocycles. The molecule has 16 nitrogen and oxygen atoms in total. The summed E-state index contributed by atoms with van der Waals surface area (Å²) >= 11 is 17.8. The Morgan fingerprint density at radius 2 is 1.11 bits per heavy atom. The lowest BCUT2D eigenvalue weighted by Crippen LogP contribution is -2.54. The number of nitrogens with zero attached hydrogens (tertiary/aromatic N) is 3. The van der Waals surface area contributed by atoms with Crippen LogP contribution in [0.25, 0.3) is 0 Å². The molecule has 2 aliphatic rings. The number of ether oxygens (including phenoxy) is 8. The van der Waals surface area contributed by atoms with E-state index >= 15 is 0 Å². The molecule has 2 heterocycles. The first-order valence-corrected chi connectivity index (χ1v) is 24.7. The van der Waals surface area contributed by atoms with Crippen molar-refractivity contribution in [3.05, 3.63) is 45.4 Å². The second-order valence-corrected chi connectivity index (χ2v) is 20.4. The number of carbonyl (C=O) groups is 4. The van der Waals surface area contributed by atoms with Crippen LogP contribution in [0.4, 0.5) is 9.59 Å². The van der Waals surface area contributed by atoms with Crippen LogP contribution in [-0.4, -0.2) is 154 Å². The maximum absolute atomic E-state index is 13.7. The first-order chi connectivity index (χ1) is 32.4.